The number of hydrogen-bond acceptors (Lipinski definition) is 4. The van der Waals surface area contributed by atoms with Crippen molar-refractivity contribution in [2.24, 2.45) is 0 Å². The molecule has 6 heteroatoms. The number of methoxy groups -OCH3 is 1. The average molecular weight is 437 g/mol. The Morgan fingerprint density at radius 1 is 0.970 bits per heavy atom. The third-order valence-electron chi connectivity index (χ3n) is 5.66. The molecule has 0 saturated heterocycles. The molecule has 33 heavy (non-hydrogen) atoms. The van der Waals surface area contributed by atoms with Gasteiger partial charge in [-0.1, -0.05) is 35.9 Å². The highest BCUT2D eigenvalue weighted by atomic mass is 16.5. The van der Waals surface area contributed by atoms with Crippen molar-refractivity contribution < 1.29 is 4.74 Å². The van der Waals surface area contributed by atoms with E-state index in [2.05, 4.69) is 10.3 Å². The first-order valence-electron chi connectivity index (χ1n) is 10.8. The van der Waals surface area contributed by atoms with Crippen LogP contribution in [0.4, 0.5) is 5.69 Å². The lowest BCUT2D eigenvalue weighted by molar-refractivity contribution is 0.415. The van der Waals surface area contributed by atoms with Crippen molar-refractivity contribution in [3.8, 4) is 22.7 Å². The number of pyridine rings is 1. The number of aromatic amines is 1. The van der Waals surface area contributed by atoms with Gasteiger partial charge in [-0.15, -0.1) is 0 Å². The number of benzene rings is 3. The summed E-state index contributed by atoms with van der Waals surface area (Å²) in [5.41, 5.74) is 5.95. The lowest BCUT2D eigenvalue weighted by Crippen LogP contribution is -2.16. The predicted molar refractivity (Wildman–Crippen MR) is 132 cm³/mol. The van der Waals surface area contributed by atoms with Crippen molar-refractivity contribution in [1.82, 2.24) is 14.8 Å². The second kappa shape index (κ2) is 8.67. The second-order valence-electron chi connectivity index (χ2n) is 7.93. The molecule has 0 amide bonds. The summed E-state index contributed by atoms with van der Waals surface area (Å²) in [7, 11) is 1.65. The lowest BCUT2D eigenvalue weighted by atomic mass is 10.1. The standard InChI is InChI=1S/C27H24N4O2/c1-18-8-12-21(13-9-18)28-17-20-16-24-25(19-10-14-23(33-2)15-11-19)30-31(26(24)29-27(20)32)22-6-4-3-5-7-22/h3-16,28H,17H2,1-2H3,(H,29,32). The number of ether oxygens (including phenoxy) is 1. The number of fused-ring (bicyclic) bond motifs is 1. The number of nitrogens with zero attached hydrogens (tertiary/aromatic N) is 2. The van der Waals surface area contributed by atoms with Gasteiger partial charge < -0.3 is 15.0 Å². The first-order chi connectivity index (χ1) is 16.1. The van der Waals surface area contributed by atoms with Crippen molar-refractivity contribution in [3.05, 3.63) is 106 Å². The van der Waals surface area contributed by atoms with Crippen molar-refractivity contribution >= 4 is 16.7 Å². The largest absolute Gasteiger partial charge is 0.497 e. The van der Waals surface area contributed by atoms with E-state index in [1.165, 1.54) is 5.56 Å². The van der Waals surface area contributed by atoms with Gasteiger partial charge in [0.2, 0.25) is 0 Å². The van der Waals surface area contributed by atoms with Crippen LogP contribution in [0.3, 0.4) is 0 Å². The van der Waals surface area contributed by atoms with E-state index in [0.717, 1.165) is 33.8 Å². The minimum atomic E-state index is -0.138. The van der Waals surface area contributed by atoms with Gasteiger partial charge in [0.05, 0.1) is 12.8 Å². The van der Waals surface area contributed by atoms with Crippen molar-refractivity contribution in [3.63, 3.8) is 0 Å². The van der Waals surface area contributed by atoms with E-state index in [1.807, 2.05) is 91.9 Å². The number of rotatable bonds is 6. The monoisotopic (exact) mass is 436 g/mol. The van der Waals surface area contributed by atoms with Crippen LogP contribution in [0, 0.1) is 6.92 Å². The summed E-state index contributed by atoms with van der Waals surface area (Å²) >= 11 is 0. The first kappa shape index (κ1) is 20.6. The van der Waals surface area contributed by atoms with Gasteiger partial charge in [0, 0.05) is 28.7 Å². The molecule has 0 fully saturated rings. The first-order valence-corrected chi connectivity index (χ1v) is 10.8. The van der Waals surface area contributed by atoms with Crippen molar-refractivity contribution in [2.75, 3.05) is 12.4 Å². The number of para-hydroxylation sites is 1. The van der Waals surface area contributed by atoms with E-state index in [0.29, 0.717) is 17.8 Å². The molecule has 0 aliphatic rings. The van der Waals surface area contributed by atoms with Crippen LogP contribution in [0.2, 0.25) is 0 Å². The molecule has 164 valence electrons. The fraction of sp³-hybridized carbons (Fsp3) is 0.111. The molecular weight excluding hydrogens is 412 g/mol. The molecule has 0 atom stereocenters. The lowest BCUT2D eigenvalue weighted by Gasteiger charge is -2.07. The molecule has 0 radical (unpaired) electrons. The molecule has 2 N–H and O–H groups in total. The Bertz CT molecular complexity index is 1450. The Kier molecular flexibility index (Phi) is 5.40. The Hall–Kier alpha value is -4.32. The SMILES string of the molecule is COc1ccc(-c2nn(-c3ccccc3)c3[nH]c(=O)c(CNc4ccc(C)cc4)cc23)cc1. The van der Waals surface area contributed by atoms with Gasteiger partial charge in [-0.2, -0.15) is 5.10 Å². The Morgan fingerprint density at radius 3 is 2.39 bits per heavy atom. The predicted octanol–water partition coefficient (Wildman–Crippen LogP) is 5.31. The summed E-state index contributed by atoms with van der Waals surface area (Å²) in [6.07, 6.45) is 0. The smallest absolute Gasteiger partial charge is 0.254 e. The average Bonchev–Trinajstić information content (AvgIpc) is 3.22. The summed E-state index contributed by atoms with van der Waals surface area (Å²) in [4.78, 5) is 16.0. The number of hydrogen-bond donors (Lipinski definition) is 2. The van der Waals surface area contributed by atoms with E-state index in [-0.39, 0.29) is 5.56 Å². The van der Waals surface area contributed by atoms with Gasteiger partial charge in [0.25, 0.3) is 5.56 Å². The Balaban J connectivity index is 1.61. The number of aromatic nitrogens is 3. The van der Waals surface area contributed by atoms with Crippen LogP contribution in [-0.2, 0) is 6.54 Å². The highest BCUT2D eigenvalue weighted by Crippen LogP contribution is 2.30. The summed E-state index contributed by atoms with van der Waals surface area (Å²) in [6, 6.07) is 27.6. The zero-order valence-electron chi connectivity index (χ0n) is 18.5. The molecule has 0 aliphatic heterocycles. The van der Waals surface area contributed by atoms with Crippen molar-refractivity contribution in [2.45, 2.75) is 13.5 Å². The van der Waals surface area contributed by atoms with Gasteiger partial charge >= 0.3 is 0 Å². The van der Waals surface area contributed by atoms with E-state index in [9.17, 15) is 4.79 Å². The third-order valence-corrected chi connectivity index (χ3v) is 5.66. The van der Waals surface area contributed by atoms with Crippen LogP contribution < -0.4 is 15.6 Å². The van der Waals surface area contributed by atoms with Gasteiger partial charge in [-0.05, 0) is 61.5 Å². The maximum atomic E-state index is 13.0. The molecule has 2 heterocycles. The molecule has 3 aromatic carbocycles. The van der Waals surface area contributed by atoms with E-state index in [4.69, 9.17) is 9.84 Å². The summed E-state index contributed by atoms with van der Waals surface area (Å²) in [6.45, 7) is 2.46. The normalized spacial score (nSPS) is 11.0. The zero-order valence-corrected chi connectivity index (χ0v) is 18.5. The van der Waals surface area contributed by atoms with Crippen molar-refractivity contribution in [1.29, 1.82) is 0 Å². The van der Waals surface area contributed by atoms with Gasteiger partial charge in [-0.3, -0.25) is 4.79 Å². The molecule has 0 saturated carbocycles. The molecule has 0 bridgehead atoms. The minimum Gasteiger partial charge on any atom is -0.497 e. The van der Waals surface area contributed by atoms with E-state index in [1.54, 1.807) is 11.8 Å². The highest BCUT2D eigenvalue weighted by molar-refractivity contribution is 5.92. The molecule has 2 aromatic heterocycles. The van der Waals surface area contributed by atoms with Crippen LogP contribution in [-0.4, -0.2) is 21.9 Å². The minimum absolute atomic E-state index is 0.138. The van der Waals surface area contributed by atoms with Crippen LogP contribution in [0.5, 0.6) is 5.75 Å². The summed E-state index contributed by atoms with van der Waals surface area (Å²) < 4.78 is 7.09. The molecule has 0 aliphatic carbocycles. The molecule has 5 rings (SSSR count). The highest BCUT2D eigenvalue weighted by Gasteiger charge is 2.17. The fourth-order valence-electron chi connectivity index (χ4n) is 3.83. The van der Waals surface area contributed by atoms with Crippen LogP contribution in [0.25, 0.3) is 28.0 Å². The summed E-state index contributed by atoms with van der Waals surface area (Å²) in [5.74, 6) is 0.780. The zero-order chi connectivity index (χ0) is 22.8. The van der Waals surface area contributed by atoms with E-state index < -0.39 is 0 Å². The van der Waals surface area contributed by atoms with Crippen LogP contribution in [0.15, 0.2) is 89.7 Å². The molecule has 0 spiro atoms. The van der Waals surface area contributed by atoms with E-state index >= 15 is 0 Å². The molecule has 0 unspecified atom stereocenters. The maximum Gasteiger partial charge on any atom is 0.254 e. The van der Waals surface area contributed by atoms with Gasteiger partial charge in [0.1, 0.15) is 17.1 Å². The number of nitrogens with one attached hydrogen (secondary N) is 2. The fourth-order valence-corrected chi connectivity index (χ4v) is 3.83. The molecule has 6 nitrogen and oxygen atoms in total. The van der Waals surface area contributed by atoms with Gasteiger partial charge in [-0.25, -0.2) is 4.68 Å². The number of H-pyrrole nitrogens is 1. The number of aryl methyl sites for hydroxylation is 1. The Morgan fingerprint density at radius 2 is 1.70 bits per heavy atom. The quantitative estimate of drug-likeness (QED) is 0.378. The molecule has 5 aromatic rings. The third kappa shape index (κ3) is 4.11. The molecular formula is C27H24N4O2. The number of anilines is 1. The maximum absolute atomic E-state index is 13.0. The topological polar surface area (TPSA) is 71.9 Å². The van der Waals surface area contributed by atoms with Crippen LogP contribution in [0.1, 0.15) is 11.1 Å². The summed E-state index contributed by atoms with van der Waals surface area (Å²) in [5, 5.41) is 9.10. The second-order valence-corrected chi connectivity index (χ2v) is 7.93. The van der Waals surface area contributed by atoms with Gasteiger partial charge in [0.15, 0.2) is 0 Å². The Labute approximate surface area is 191 Å². The van der Waals surface area contributed by atoms with Crippen LogP contribution >= 0.6 is 0 Å².